The highest BCUT2D eigenvalue weighted by Gasteiger charge is 2.38. The Bertz CT molecular complexity index is 885. The number of carboxylic acid groups (broad SMARTS) is 2. The maximum absolute atomic E-state index is 12.0. The number of carbonyl (C=O) groups excluding carboxylic acids is 1. The highest BCUT2D eigenvalue weighted by Crippen LogP contribution is 2.21. The van der Waals surface area contributed by atoms with E-state index in [0.29, 0.717) is 10.3 Å². The molecule has 1 aromatic carbocycles. The molecule has 0 fully saturated rings. The fourth-order valence-electron chi connectivity index (χ4n) is 1.55. The molecule has 27 heavy (non-hydrogen) atoms. The molecule has 2 rings (SSSR count). The number of carbonyl (C=O) groups is 3. The molecule has 0 saturated heterocycles. The lowest BCUT2D eigenvalue weighted by Gasteiger charge is -2.07. The van der Waals surface area contributed by atoms with Gasteiger partial charge in [-0.15, -0.1) is 0 Å². The number of alkyl halides is 3. The van der Waals surface area contributed by atoms with Crippen LogP contribution in [0.1, 0.15) is 21.0 Å². The lowest BCUT2D eigenvalue weighted by Crippen LogP contribution is -2.21. The highest BCUT2D eigenvalue weighted by molar-refractivity contribution is 9.10. The lowest BCUT2D eigenvalue weighted by molar-refractivity contribution is -0.192. The van der Waals surface area contributed by atoms with Crippen LogP contribution in [0.3, 0.4) is 0 Å². The number of hydrogen-bond acceptors (Lipinski definition) is 4. The first-order valence-electron chi connectivity index (χ1n) is 6.66. The summed E-state index contributed by atoms with van der Waals surface area (Å²) in [4.78, 5) is 35.7. The van der Waals surface area contributed by atoms with E-state index in [9.17, 15) is 22.8 Å². The number of nitrogens with zero attached hydrogens (tertiary/aromatic N) is 2. The third kappa shape index (κ3) is 6.25. The number of benzene rings is 1. The lowest BCUT2D eigenvalue weighted by atomic mass is 10.2. The van der Waals surface area contributed by atoms with Gasteiger partial charge >= 0.3 is 18.1 Å². The van der Waals surface area contributed by atoms with E-state index in [-0.39, 0.29) is 16.4 Å². The Morgan fingerprint density at radius 1 is 1.26 bits per heavy atom. The van der Waals surface area contributed by atoms with E-state index in [4.69, 9.17) is 26.6 Å². The molecule has 0 atom stereocenters. The maximum atomic E-state index is 12.0. The minimum absolute atomic E-state index is 0.0237. The quantitative estimate of drug-likeness (QED) is 0.629. The van der Waals surface area contributed by atoms with Crippen LogP contribution in [0.2, 0.25) is 5.02 Å². The number of aromatic carboxylic acids is 1. The first-order chi connectivity index (χ1) is 12.3. The van der Waals surface area contributed by atoms with Gasteiger partial charge in [0.05, 0.1) is 16.8 Å². The summed E-state index contributed by atoms with van der Waals surface area (Å²) in [5.41, 5.74) is 0.369. The molecule has 1 heterocycles. The van der Waals surface area contributed by atoms with Crippen molar-refractivity contribution in [1.29, 1.82) is 0 Å². The summed E-state index contributed by atoms with van der Waals surface area (Å²) in [5, 5.41) is 18.6. The molecule has 146 valence electrons. The third-order valence-corrected chi connectivity index (χ3v) is 3.88. The van der Waals surface area contributed by atoms with E-state index in [2.05, 4.69) is 26.2 Å². The van der Waals surface area contributed by atoms with Crippen molar-refractivity contribution in [3.8, 4) is 0 Å². The van der Waals surface area contributed by atoms with Crippen LogP contribution < -0.4 is 5.32 Å². The molecule has 8 nitrogen and oxygen atoms in total. The zero-order valence-electron chi connectivity index (χ0n) is 13.2. The van der Waals surface area contributed by atoms with E-state index < -0.39 is 24.0 Å². The van der Waals surface area contributed by atoms with Gasteiger partial charge < -0.3 is 20.1 Å². The molecule has 0 bridgehead atoms. The molecule has 2 aromatic rings. The van der Waals surface area contributed by atoms with E-state index in [1.807, 2.05) is 0 Å². The number of nitrogens with one attached hydrogen (secondary N) is 1. The van der Waals surface area contributed by atoms with E-state index >= 15 is 0 Å². The number of carboxylic acids is 2. The van der Waals surface area contributed by atoms with Gasteiger partial charge in [-0.25, -0.2) is 14.6 Å². The minimum Gasteiger partial charge on any atom is -0.478 e. The molecule has 0 radical (unpaired) electrons. The molecule has 0 aliphatic heterocycles. The molecule has 0 unspecified atom stereocenters. The largest absolute Gasteiger partial charge is 0.490 e. The second-order valence-corrected chi connectivity index (χ2v) is 5.94. The summed E-state index contributed by atoms with van der Waals surface area (Å²) in [6, 6.07) is 4.17. The van der Waals surface area contributed by atoms with Crippen LogP contribution in [-0.2, 0) is 11.8 Å². The molecule has 1 aromatic heterocycles. The molecule has 3 N–H and O–H groups in total. The van der Waals surface area contributed by atoms with Crippen LogP contribution in [0.5, 0.6) is 0 Å². The predicted octanol–water partition coefficient (Wildman–Crippen LogP) is 3.42. The number of anilines is 1. The fraction of sp³-hybridized carbons (Fsp3) is 0.143. The van der Waals surface area contributed by atoms with Crippen molar-refractivity contribution in [2.75, 3.05) is 5.32 Å². The van der Waals surface area contributed by atoms with Crippen molar-refractivity contribution >= 4 is 51.1 Å². The van der Waals surface area contributed by atoms with Crippen LogP contribution in [0.4, 0.5) is 18.9 Å². The first-order valence-corrected chi connectivity index (χ1v) is 7.83. The molecule has 0 saturated carbocycles. The Kier molecular flexibility index (Phi) is 7.37. The average molecular weight is 473 g/mol. The first kappa shape index (κ1) is 22.4. The minimum atomic E-state index is -5.08. The topological polar surface area (TPSA) is 122 Å². The van der Waals surface area contributed by atoms with Gasteiger partial charge in [-0.3, -0.25) is 4.79 Å². The SMILES string of the molecule is Cn1c(Br)cnc1C(=O)Nc1ccc(C(=O)O)c(Cl)c1.O=C(O)C(F)(F)F. The van der Waals surface area contributed by atoms with Gasteiger partial charge in [0, 0.05) is 12.7 Å². The van der Waals surface area contributed by atoms with Gasteiger partial charge in [0.25, 0.3) is 5.91 Å². The molecular formula is C14H10BrClF3N3O5. The monoisotopic (exact) mass is 471 g/mol. The molecule has 1 amide bonds. The Balaban J connectivity index is 0.000000445. The Hall–Kier alpha value is -2.60. The molecular weight excluding hydrogens is 463 g/mol. The molecule has 13 heteroatoms. The van der Waals surface area contributed by atoms with Gasteiger partial charge in [-0.1, -0.05) is 11.6 Å². The highest BCUT2D eigenvalue weighted by atomic mass is 79.9. The number of aromatic nitrogens is 2. The van der Waals surface area contributed by atoms with Crippen molar-refractivity contribution in [2.24, 2.45) is 7.05 Å². The predicted molar refractivity (Wildman–Crippen MR) is 91.0 cm³/mol. The Morgan fingerprint density at radius 3 is 2.19 bits per heavy atom. The van der Waals surface area contributed by atoms with Crippen molar-refractivity contribution in [3.63, 3.8) is 0 Å². The van der Waals surface area contributed by atoms with Crippen molar-refractivity contribution in [3.05, 3.63) is 45.4 Å². The van der Waals surface area contributed by atoms with E-state index in [0.717, 1.165) is 0 Å². The zero-order valence-corrected chi connectivity index (χ0v) is 15.6. The van der Waals surface area contributed by atoms with Crippen LogP contribution in [-0.4, -0.2) is 43.8 Å². The summed E-state index contributed by atoms with van der Waals surface area (Å²) in [6.45, 7) is 0. The van der Waals surface area contributed by atoms with Gasteiger partial charge in [0.15, 0.2) is 5.82 Å². The standard InChI is InChI=1S/C12H9BrClN3O3.C2HF3O2/c1-17-9(13)5-15-10(17)11(18)16-6-2-3-7(12(19)20)8(14)4-6;3-2(4,5)1(6)7/h2-5H,1H3,(H,16,18)(H,19,20);(H,6,7). The van der Waals surface area contributed by atoms with Gasteiger partial charge in [-0.05, 0) is 34.1 Å². The summed E-state index contributed by atoms with van der Waals surface area (Å²) < 4.78 is 34.0. The van der Waals surface area contributed by atoms with Crippen molar-refractivity contribution in [2.45, 2.75) is 6.18 Å². The summed E-state index contributed by atoms with van der Waals surface area (Å²) in [7, 11) is 1.69. The van der Waals surface area contributed by atoms with Gasteiger partial charge in [0.2, 0.25) is 0 Å². The second-order valence-electron chi connectivity index (χ2n) is 4.72. The summed E-state index contributed by atoms with van der Waals surface area (Å²) >= 11 is 9.07. The number of rotatable bonds is 3. The molecule has 0 aliphatic carbocycles. The maximum Gasteiger partial charge on any atom is 0.490 e. The van der Waals surface area contributed by atoms with E-state index in [1.54, 1.807) is 11.6 Å². The average Bonchev–Trinajstić information content (AvgIpc) is 2.86. The van der Waals surface area contributed by atoms with Crippen LogP contribution in [0, 0.1) is 0 Å². The zero-order chi connectivity index (χ0) is 20.9. The normalized spacial score (nSPS) is 10.6. The smallest absolute Gasteiger partial charge is 0.478 e. The Labute approximate surface area is 162 Å². The second kappa shape index (κ2) is 8.86. The number of hydrogen-bond donors (Lipinski definition) is 3. The number of halogens is 5. The van der Waals surface area contributed by atoms with Crippen LogP contribution >= 0.6 is 27.5 Å². The summed E-state index contributed by atoms with van der Waals surface area (Å²) in [5.74, 6) is -4.08. The van der Waals surface area contributed by atoms with Gasteiger partial charge in [-0.2, -0.15) is 13.2 Å². The number of aliphatic carboxylic acids is 1. The van der Waals surface area contributed by atoms with Crippen LogP contribution in [0.25, 0.3) is 0 Å². The molecule has 0 aliphatic rings. The van der Waals surface area contributed by atoms with Gasteiger partial charge in [0.1, 0.15) is 4.60 Å². The Morgan fingerprint density at radius 2 is 1.81 bits per heavy atom. The summed E-state index contributed by atoms with van der Waals surface area (Å²) in [6.07, 6.45) is -3.57. The van der Waals surface area contributed by atoms with Crippen LogP contribution in [0.15, 0.2) is 29.0 Å². The number of amides is 1. The van der Waals surface area contributed by atoms with Crippen molar-refractivity contribution < 1.29 is 37.8 Å². The van der Waals surface area contributed by atoms with Crippen molar-refractivity contribution in [1.82, 2.24) is 9.55 Å². The fourth-order valence-corrected chi connectivity index (χ4v) is 2.08. The third-order valence-electron chi connectivity index (χ3n) is 2.83. The number of imidazole rings is 1. The molecule has 0 spiro atoms. The van der Waals surface area contributed by atoms with E-state index in [1.165, 1.54) is 24.4 Å².